The normalized spacial score (nSPS) is 18.2. The molecule has 1 heterocycles. The molecule has 1 aromatic carbocycles. The summed E-state index contributed by atoms with van der Waals surface area (Å²) in [6.07, 6.45) is 1.45. The first-order valence-corrected chi connectivity index (χ1v) is 7.61. The molecule has 1 aromatic rings. The Kier molecular flexibility index (Phi) is 6.50. The summed E-state index contributed by atoms with van der Waals surface area (Å²) in [6.45, 7) is 5.45. The molecule has 5 heteroatoms. The average molecular weight is 292 g/mol. The monoisotopic (exact) mass is 292 g/mol. The van der Waals surface area contributed by atoms with Gasteiger partial charge in [0.25, 0.3) is 0 Å². The minimum atomic E-state index is -0.358. The number of nitrogens with one attached hydrogen (secondary N) is 2. The van der Waals surface area contributed by atoms with Crippen LogP contribution in [0.1, 0.15) is 18.9 Å². The number of carbonyl (C=O) groups excluding carboxylic acids is 1. The van der Waals surface area contributed by atoms with E-state index in [1.165, 1.54) is 5.56 Å². The minimum absolute atomic E-state index is 0.0369. The van der Waals surface area contributed by atoms with Crippen molar-refractivity contribution >= 4 is 5.91 Å². The van der Waals surface area contributed by atoms with Crippen LogP contribution in [-0.2, 0) is 16.0 Å². The summed E-state index contributed by atoms with van der Waals surface area (Å²) in [4.78, 5) is 11.9. The Morgan fingerprint density at radius 1 is 1.43 bits per heavy atom. The van der Waals surface area contributed by atoms with Crippen LogP contribution in [0.5, 0.6) is 5.75 Å². The van der Waals surface area contributed by atoms with Crippen LogP contribution in [0.15, 0.2) is 24.3 Å². The Morgan fingerprint density at radius 2 is 2.24 bits per heavy atom. The summed E-state index contributed by atoms with van der Waals surface area (Å²) in [5.74, 6) is 0.858. The van der Waals surface area contributed by atoms with Crippen molar-refractivity contribution in [2.24, 2.45) is 0 Å². The summed E-state index contributed by atoms with van der Waals surface area (Å²) in [5.41, 5.74) is 1.18. The van der Waals surface area contributed by atoms with Crippen molar-refractivity contribution in [2.75, 3.05) is 32.8 Å². The van der Waals surface area contributed by atoms with Crippen LogP contribution in [0.4, 0.5) is 0 Å². The van der Waals surface area contributed by atoms with Crippen LogP contribution in [-0.4, -0.2) is 44.9 Å². The first kappa shape index (κ1) is 15.8. The first-order valence-electron chi connectivity index (χ1n) is 7.61. The van der Waals surface area contributed by atoms with E-state index in [1.807, 2.05) is 24.3 Å². The predicted molar refractivity (Wildman–Crippen MR) is 81.6 cm³/mol. The molecule has 1 atom stereocenters. The van der Waals surface area contributed by atoms with E-state index in [2.05, 4.69) is 17.6 Å². The van der Waals surface area contributed by atoms with Gasteiger partial charge < -0.3 is 20.1 Å². The van der Waals surface area contributed by atoms with Crippen LogP contribution in [0, 0.1) is 0 Å². The number of ether oxygens (including phenoxy) is 2. The van der Waals surface area contributed by atoms with E-state index < -0.39 is 0 Å². The first-order chi connectivity index (χ1) is 10.3. The summed E-state index contributed by atoms with van der Waals surface area (Å²) in [5, 5.41) is 6.06. The summed E-state index contributed by atoms with van der Waals surface area (Å²) in [6, 6.07) is 8.02. The molecule has 1 aliphatic heterocycles. The molecule has 0 aliphatic carbocycles. The van der Waals surface area contributed by atoms with E-state index in [9.17, 15) is 4.79 Å². The van der Waals surface area contributed by atoms with Crippen LogP contribution < -0.4 is 15.4 Å². The molecule has 2 rings (SSSR count). The molecule has 1 aliphatic rings. The maximum Gasteiger partial charge on any atom is 0.250 e. The summed E-state index contributed by atoms with van der Waals surface area (Å²) < 4.78 is 10.9. The molecule has 5 nitrogen and oxygen atoms in total. The molecule has 2 N–H and O–H groups in total. The summed E-state index contributed by atoms with van der Waals surface area (Å²) in [7, 11) is 0. The molecular formula is C16H24N2O3. The second-order valence-corrected chi connectivity index (χ2v) is 5.10. The lowest BCUT2D eigenvalue weighted by Crippen LogP contribution is -2.48. The van der Waals surface area contributed by atoms with Crippen molar-refractivity contribution in [3.63, 3.8) is 0 Å². The van der Waals surface area contributed by atoms with Crippen LogP contribution in [0.2, 0.25) is 0 Å². The number of amides is 1. The zero-order valence-corrected chi connectivity index (χ0v) is 12.6. The number of hydrogen-bond donors (Lipinski definition) is 2. The van der Waals surface area contributed by atoms with Crippen molar-refractivity contribution in [1.29, 1.82) is 0 Å². The Labute approximate surface area is 126 Å². The molecular weight excluding hydrogens is 268 g/mol. The Hall–Kier alpha value is -1.59. The van der Waals surface area contributed by atoms with Crippen LogP contribution >= 0.6 is 0 Å². The maximum atomic E-state index is 11.9. The van der Waals surface area contributed by atoms with Crippen molar-refractivity contribution in [3.8, 4) is 5.75 Å². The van der Waals surface area contributed by atoms with E-state index in [0.717, 1.165) is 31.7 Å². The lowest BCUT2D eigenvalue weighted by atomic mass is 10.1. The van der Waals surface area contributed by atoms with Crippen LogP contribution in [0.25, 0.3) is 0 Å². The molecule has 0 radical (unpaired) electrons. The van der Waals surface area contributed by atoms with Gasteiger partial charge in [-0.1, -0.05) is 19.1 Å². The van der Waals surface area contributed by atoms with Gasteiger partial charge in [0.1, 0.15) is 11.9 Å². The van der Waals surface area contributed by atoms with E-state index >= 15 is 0 Å². The third-order valence-corrected chi connectivity index (χ3v) is 3.33. The van der Waals surface area contributed by atoms with Gasteiger partial charge in [0.05, 0.1) is 13.2 Å². The molecule has 116 valence electrons. The van der Waals surface area contributed by atoms with E-state index in [-0.39, 0.29) is 12.0 Å². The zero-order valence-electron chi connectivity index (χ0n) is 12.6. The van der Waals surface area contributed by atoms with Gasteiger partial charge in [-0.05, 0) is 30.5 Å². The fourth-order valence-electron chi connectivity index (χ4n) is 2.15. The predicted octanol–water partition coefficient (Wildman–Crippen LogP) is 1.12. The van der Waals surface area contributed by atoms with Gasteiger partial charge >= 0.3 is 0 Å². The van der Waals surface area contributed by atoms with Crippen molar-refractivity contribution in [3.05, 3.63) is 29.8 Å². The third kappa shape index (κ3) is 5.36. The molecule has 0 spiro atoms. The number of hydrogen-bond acceptors (Lipinski definition) is 4. The maximum absolute atomic E-state index is 11.9. The molecule has 0 aromatic heterocycles. The molecule has 1 amide bonds. The fraction of sp³-hybridized carbons (Fsp3) is 0.562. The van der Waals surface area contributed by atoms with Crippen molar-refractivity contribution in [1.82, 2.24) is 10.6 Å². The second kappa shape index (κ2) is 8.64. The van der Waals surface area contributed by atoms with Gasteiger partial charge in [-0.25, -0.2) is 0 Å². The largest absolute Gasteiger partial charge is 0.494 e. The standard InChI is InChI=1S/C16H24N2O3/c1-2-10-20-14-5-3-13(4-6-14)7-8-18-16(19)15-12-17-9-11-21-15/h3-6,15,17H,2,7-12H2,1H3,(H,18,19)/t15-/m0/s1. The number of benzene rings is 1. The molecule has 21 heavy (non-hydrogen) atoms. The molecule has 0 saturated carbocycles. The highest BCUT2D eigenvalue weighted by Crippen LogP contribution is 2.12. The number of rotatable bonds is 7. The lowest BCUT2D eigenvalue weighted by molar-refractivity contribution is -0.134. The lowest BCUT2D eigenvalue weighted by Gasteiger charge is -2.22. The van der Waals surface area contributed by atoms with E-state index in [1.54, 1.807) is 0 Å². The molecule has 1 saturated heterocycles. The highest BCUT2D eigenvalue weighted by molar-refractivity contribution is 5.81. The summed E-state index contributed by atoms with van der Waals surface area (Å²) >= 11 is 0. The quantitative estimate of drug-likeness (QED) is 0.791. The number of morpholine rings is 1. The fourth-order valence-corrected chi connectivity index (χ4v) is 2.15. The third-order valence-electron chi connectivity index (χ3n) is 3.33. The van der Waals surface area contributed by atoms with Crippen molar-refractivity contribution in [2.45, 2.75) is 25.9 Å². The van der Waals surface area contributed by atoms with Crippen molar-refractivity contribution < 1.29 is 14.3 Å². The van der Waals surface area contributed by atoms with Gasteiger partial charge in [0.2, 0.25) is 5.91 Å². The smallest absolute Gasteiger partial charge is 0.250 e. The molecule has 0 unspecified atom stereocenters. The van der Waals surface area contributed by atoms with Gasteiger partial charge in [-0.3, -0.25) is 4.79 Å². The van der Waals surface area contributed by atoms with Gasteiger partial charge in [0, 0.05) is 19.6 Å². The molecule has 0 bridgehead atoms. The Balaban J connectivity index is 1.69. The van der Waals surface area contributed by atoms with E-state index in [4.69, 9.17) is 9.47 Å². The SMILES string of the molecule is CCCOc1ccc(CCNC(=O)[C@@H]2CNCCO2)cc1. The highest BCUT2D eigenvalue weighted by Gasteiger charge is 2.20. The van der Waals surface area contributed by atoms with Crippen LogP contribution in [0.3, 0.4) is 0 Å². The van der Waals surface area contributed by atoms with Gasteiger partial charge in [0.15, 0.2) is 0 Å². The average Bonchev–Trinajstić information content (AvgIpc) is 2.55. The zero-order chi connectivity index (χ0) is 14.9. The second-order valence-electron chi connectivity index (χ2n) is 5.10. The molecule has 1 fully saturated rings. The topological polar surface area (TPSA) is 59.6 Å². The Bertz CT molecular complexity index is 428. The van der Waals surface area contributed by atoms with Gasteiger partial charge in [-0.15, -0.1) is 0 Å². The number of carbonyl (C=O) groups is 1. The highest BCUT2D eigenvalue weighted by atomic mass is 16.5. The minimum Gasteiger partial charge on any atom is -0.494 e. The van der Waals surface area contributed by atoms with Gasteiger partial charge in [-0.2, -0.15) is 0 Å². The van der Waals surface area contributed by atoms with E-state index in [0.29, 0.717) is 19.7 Å². The Morgan fingerprint density at radius 3 is 2.90 bits per heavy atom.